The maximum absolute atomic E-state index is 13.2. The van der Waals surface area contributed by atoms with Gasteiger partial charge >= 0.3 is 0 Å². The Morgan fingerprint density at radius 2 is 1.66 bits per heavy atom. The van der Waals surface area contributed by atoms with Gasteiger partial charge in [0, 0.05) is 39.3 Å². The van der Waals surface area contributed by atoms with E-state index in [-0.39, 0.29) is 17.9 Å². The first-order chi connectivity index (χ1) is 14.0. The van der Waals surface area contributed by atoms with Crippen LogP contribution in [0.3, 0.4) is 0 Å². The lowest BCUT2D eigenvalue weighted by atomic mass is 9.82. The largest absolute Gasteiger partial charge is 0.340 e. The molecule has 1 aromatic rings. The fraction of sp³-hybridized carbons (Fsp3) is 0.682. The summed E-state index contributed by atoms with van der Waals surface area (Å²) in [5.74, 6) is 0.0860. The molecule has 1 aliphatic heterocycles. The van der Waals surface area contributed by atoms with Crippen LogP contribution < -0.4 is 0 Å². The lowest BCUT2D eigenvalue weighted by Crippen LogP contribution is -2.55. The number of amides is 1. The maximum Gasteiger partial charge on any atom is 0.282 e. The summed E-state index contributed by atoms with van der Waals surface area (Å²) < 4.78 is 29.3. The quantitative estimate of drug-likeness (QED) is 0.754. The molecule has 7 heteroatoms. The summed E-state index contributed by atoms with van der Waals surface area (Å²) in [6, 6.07) is 8.37. The van der Waals surface area contributed by atoms with E-state index in [1.807, 2.05) is 17.0 Å². The van der Waals surface area contributed by atoms with Crippen LogP contribution in [0.1, 0.15) is 62.0 Å². The number of carbonyl (C=O) groups is 1. The van der Waals surface area contributed by atoms with Crippen LogP contribution in [0.15, 0.2) is 24.3 Å². The third-order valence-electron chi connectivity index (χ3n) is 7.00. The average molecular weight is 420 g/mol. The van der Waals surface area contributed by atoms with Gasteiger partial charge in [0.2, 0.25) is 5.91 Å². The SMILES string of the molecule is CN(C1CCCCC1)S(=O)(=O)N1CCN(C(=O)[C@@H]2CCCc3ccccc32)CC1. The van der Waals surface area contributed by atoms with Crippen molar-refractivity contribution in [2.24, 2.45) is 0 Å². The second-order valence-corrected chi connectivity index (χ2v) is 10.7. The van der Waals surface area contributed by atoms with Crippen LogP contribution >= 0.6 is 0 Å². The zero-order valence-electron chi connectivity index (χ0n) is 17.4. The number of piperazine rings is 1. The van der Waals surface area contributed by atoms with Crippen molar-refractivity contribution < 1.29 is 13.2 Å². The van der Waals surface area contributed by atoms with Crippen molar-refractivity contribution in [1.82, 2.24) is 13.5 Å². The van der Waals surface area contributed by atoms with Crippen LogP contribution in [0, 0.1) is 0 Å². The van der Waals surface area contributed by atoms with Crippen molar-refractivity contribution >= 4 is 16.1 Å². The Kier molecular flexibility index (Phi) is 6.27. The fourth-order valence-electron chi connectivity index (χ4n) is 5.19. The van der Waals surface area contributed by atoms with E-state index < -0.39 is 10.2 Å². The minimum Gasteiger partial charge on any atom is -0.340 e. The van der Waals surface area contributed by atoms with Crippen LogP contribution in [-0.4, -0.2) is 67.1 Å². The number of aryl methyl sites for hydroxylation is 1. The summed E-state index contributed by atoms with van der Waals surface area (Å²) in [6.45, 7) is 1.74. The predicted molar refractivity (Wildman–Crippen MR) is 114 cm³/mol. The lowest BCUT2D eigenvalue weighted by Gasteiger charge is -2.40. The van der Waals surface area contributed by atoms with Gasteiger partial charge in [-0.3, -0.25) is 4.79 Å². The Balaban J connectivity index is 1.39. The van der Waals surface area contributed by atoms with Gasteiger partial charge in [-0.2, -0.15) is 17.0 Å². The van der Waals surface area contributed by atoms with E-state index in [1.54, 1.807) is 15.7 Å². The number of hydrogen-bond donors (Lipinski definition) is 0. The first-order valence-corrected chi connectivity index (χ1v) is 12.5. The Morgan fingerprint density at radius 1 is 0.966 bits per heavy atom. The molecule has 1 heterocycles. The van der Waals surface area contributed by atoms with Crippen molar-refractivity contribution in [3.8, 4) is 0 Å². The highest BCUT2D eigenvalue weighted by molar-refractivity contribution is 7.86. The molecule has 0 aromatic heterocycles. The molecule has 29 heavy (non-hydrogen) atoms. The Labute approximate surface area is 175 Å². The van der Waals surface area contributed by atoms with E-state index >= 15 is 0 Å². The smallest absolute Gasteiger partial charge is 0.282 e. The molecule has 0 unspecified atom stereocenters. The van der Waals surface area contributed by atoms with Crippen molar-refractivity contribution in [3.63, 3.8) is 0 Å². The monoisotopic (exact) mass is 419 g/mol. The number of hydrogen-bond acceptors (Lipinski definition) is 3. The van der Waals surface area contributed by atoms with Crippen LogP contribution in [0.25, 0.3) is 0 Å². The highest BCUT2D eigenvalue weighted by Gasteiger charge is 2.37. The van der Waals surface area contributed by atoms with E-state index in [1.165, 1.54) is 12.0 Å². The molecule has 160 valence electrons. The number of fused-ring (bicyclic) bond motifs is 1. The zero-order chi connectivity index (χ0) is 20.4. The minimum atomic E-state index is -3.46. The summed E-state index contributed by atoms with van der Waals surface area (Å²) in [4.78, 5) is 15.1. The molecule has 3 aliphatic rings. The molecular formula is C22H33N3O3S. The molecule has 0 radical (unpaired) electrons. The third-order valence-corrected chi connectivity index (χ3v) is 9.04. The standard InChI is InChI=1S/C22H33N3O3S/c1-23(19-10-3-2-4-11-19)29(27,28)25-16-14-24(15-17-25)22(26)21-13-7-9-18-8-5-6-12-20(18)21/h5-6,8,12,19,21H,2-4,7,9-11,13-17H2,1H3/t21-/m1/s1. The molecule has 0 N–H and O–H groups in total. The van der Waals surface area contributed by atoms with E-state index in [2.05, 4.69) is 12.1 Å². The molecule has 1 saturated carbocycles. The van der Waals surface area contributed by atoms with E-state index in [0.29, 0.717) is 26.2 Å². The molecule has 4 rings (SSSR count). The first kappa shape index (κ1) is 20.8. The van der Waals surface area contributed by atoms with Gasteiger partial charge in [0.15, 0.2) is 0 Å². The molecule has 1 saturated heterocycles. The van der Waals surface area contributed by atoms with Gasteiger partial charge < -0.3 is 4.90 Å². The zero-order valence-corrected chi connectivity index (χ0v) is 18.2. The summed E-state index contributed by atoms with van der Waals surface area (Å²) in [5, 5.41) is 0. The molecule has 2 fully saturated rings. The summed E-state index contributed by atoms with van der Waals surface area (Å²) in [6.07, 6.45) is 8.29. The first-order valence-electron chi connectivity index (χ1n) is 11.1. The second kappa shape index (κ2) is 8.74. The van der Waals surface area contributed by atoms with Crippen molar-refractivity contribution in [2.75, 3.05) is 33.2 Å². The number of nitrogens with zero attached hydrogens (tertiary/aromatic N) is 3. The van der Waals surface area contributed by atoms with Crippen LogP contribution in [-0.2, 0) is 21.4 Å². The highest BCUT2D eigenvalue weighted by atomic mass is 32.2. The van der Waals surface area contributed by atoms with Crippen LogP contribution in [0.2, 0.25) is 0 Å². The van der Waals surface area contributed by atoms with E-state index in [9.17, 15) is 13.2 Å². The summed E-state index contributed by atoms with van der Waals surface area (Å²) in [7, 11) is -1.73. The van der Waals surface area contributed by atoms with Crippen molar-refractivity contribution in [2.45, 2.75) is 63.3 Å². The lowest BCUT2D eigenvalue weighted by molar-refractivity contribution is -0.134. The van der Waals surface area contributed by atoms with Gasteiger partial charge in [-0.05, 0) is 43.2 Å². The van der Waals surface area contributed by atoms with Crippen LogP contribution in [0.5, 0.6) is 0 Å². The van der Waals surface area contributed by atoms with Gasteiger partial charge in [-0.15, -0.1) is 0 Å². The van der Waals surface area contributed by atoms with Crippen molar-refractivity contribution in [1.29, 1.82) is 0 Å². The predicted octanol–water partition coefficient (Wildman–Crippen LogP) is 2.76. The van der Waals surface area contributed by atoms with Gasteiger partial charge in [-0.1, -0.05) is 43.5 Å². The molecule has 1 aromatic carbocycles. The molecule has 6 nitrogen and oxygen atoms in total. The topological polar surface area (TPSA) is 60.9 Å². The highest BCUT2D eigenvalue weighted by Crippen LogP contribution is 2.33. The van der Waals surface area contributed by atoms with Gasteiger partial charge in [0.25, 0.3) is 10.2 Å². The Morgan fingerprint density at radius 3 is 2.38 bits per heavy atom. The molecule has 1 amide bonds. The fourth-order valence-corrected chi connectivity index (χ4v) is 6.76. The van der Waals surface area contributed by atoms with E-state index in [4.69, 9.17) is 0 Å². The maximum atomic E-state index is 13.2. The van der Waals surface area contributed by atoms with Gasteiger partial charge in [0.1, 0.15) is 0 Å². The molecule has 2 aliphatic carbocycles. The second-order valence-electron chi connectivity index (χ2n) is 8.68. The Bertz CT molecular complexity index is 827. The Hall–Kier alpha value is -1.44. The van der Waals surface area contributed by atoms with Gasteiger partial charge in [0.05, 0.1) is 5.92 Å². The molecule has 0 spiro atoms. The minimum absolute atomic E-state index is 0.0759. The summed E-state index contributed by atoms with van der Waals surface area (Å²) in [5.41, 5.74) is 2.45. The molecule has 1 atom stereocenters. The summed E-state index contributed by atoms with van der Waals surface area (Å²) >= 11 is 0. The number of rotatable bonds is 4. The number of benzene rings is 1. The normalized spacial score (nSPS) is 24.5. The molecule has 0 bridgehead atoms. The third kappa shape index (κ3) is 4.23. The van der Waals surface area contributed by atoms with Crippen LogP contribution in [0.4, 0.5) is 0 Å². The van der Waals surface area contributed by atoms with E-state index in [0.717, 1.165) is 50.5 Å². The number of carbonyl (C=O) groups excluding carboxylic acids is 1. The van der Waals surface area contributed by atoms with Gasteiger partial charge in [-0.25, -0.2) is 0 Å². The van der Waals surface area contributed by atoms with Crippen molar-refractivity contribution in [3.05, 3.63) is 35.4 Å². The molecular weight excluding hydrogens is 386 g/mol. The average Bonchev–Trinajstić information content (AvgIpc) is 2.78.